The SMILES string of the molecule is CC1(C)C/C(=N\O)c2c([nH]c(-c3ccncc3)c2Nc2ccccc2)C1. The number of nitrogens with one attached hydrogen (secondary N) is 2. The van der Waals surface area contributed by atoms with Gasteiger partial charge in [-0.1, -0.05) is 37.2 Å². The zero-order valence-corrected chi connectivity index (χ0v) is 15.0. The highest BCUT2D eigenvalue weighted by Gasteiger charge is 2.35. The van der Waals surface area contributed by atoms with Gasteiger partial charge in [0.2, 0.25) is 0 Å². The van der Waals surface area contributed by atoms with E-state index in [0.717, 1.165) is 46.7 Å². The molecule has 3 N–H and O–H groups in total. The van der Waals surface area contributed by atoms with Crippen molar-refractivity contribution in [1.82, 2.24) is 9.97 Å². The standard InChI is InChI=1S/C21H22N4O/c1-21(2)12-16-18(17(13-21)25-26)20(23-15-6-4-3-5-7-15)19(24-16)14-8-10-22-11-9-14/h3-11,23-24,26H,12-13H2,1-2H3/b25-17+. The average molecular weight is 346 g/mol. The summed E-state index contributed by atoms with van der Waals surface area (Å²) < 4.78 is 0. The molecule has 5 nitrogen and oxygen atoms in total. The molecule has 0 bridgehead atoms. The normalized spacial score (nSPS) is 17.1. The molecule has 2 heterocycles. The molecular formula is C21H22N4O. The van der Waals surface area contributed by atoms with Crippen LogP contribution < -0.4 is 5.32 Å². The van der Waals surface area contributed by atoms with Crippen molar-refractivity contribution < 1.29 is 5.21 Å². The predicted octanol–water partition coefficient (Wildman–Crippen LogP) is 4.97. The third kappa shape index (κ3) is 2.96. The summed E-state index contributed by atoms with van der Waals surface area (Å²) in [5.74, 6) is 0. The number of H-pyrrole nitrogens is 1. The van der Waals surface area contributed by atoms with Gasteiger partial charge in [-0.15, -0.1) is 0 Å². The summed E-state index contributed by atoms with van der Waals surface area (Å²) in [5, 5.41) is 16.8. The highest BCUT2D eigenvalue weighted by Crippen LogP contribution is 2.43. The van der Waals surface area contributed by atoms with Crippen LogP contribution in [0, 0.1) is 5.41 Å². The van der Waals surface area contributed by atoms with Crippen LogP contribution in [0.25, 0.3) is 11.3 Å². The highest BCUT2D eigenvalue weighted by molar-refractivity contribution is 6.10. The Morgan fingerprint density at radius 3 is 2.50 bits per heavy atom. The van der Waals surface area contributed by atoms with E-state index in [1.54, 1.807) is 12.4 Å². The Morgan fingerprint density at radius 2 is 1.81 bits per heavy atom. The number of fused-ring (bicyclic) bond motifs is 1. The predicted molar refractivity (Wildman–Crippen MR) is 104 cm³/mol. The van der Waals surface area contributed by atoms with E-state index >= 15 is 0 Å². The van der Waals surface area contributed by atoms with Crippen molar-refractivity contribution in [2.24, 2.45) is 10.6 Å². The molecule has 1 aliphatic rings. The first-order valence-electron chi connectivity index (χ1n) is 8.76. The van der Waals surface area contributed by atoms with Crippen molar-refractivity contribution in [1.29, 1.82) is 0 Å². The zero-order valence-electron chi connectivity index (χ0n) is 15.0. The van der Waals surface area contributed by atoms with Crippen LogP contribution in [-0.2, 0) is 6.42 Å². The summed E-state index contributed by atoms with van der Waals surface area (Å²) in [7, 11) is 0. The molecule has 5 heteroatoms. The number of anilines is 2. The third-order valence-corrected chi connectivity index (χ3v) is 4.80. The molecule has 26 heavy (non-hydrogen) atoms. The number of aromatic nitrogens is 2. The fourth-order valence-electron chi connectivity index (χ4n) is 3.70. The van der Waals surface area contributed by atoms with Gasteiger partial charge in [-0.2, -0.15) is 0 Å². The van der Waals surface area contributed by atoms with Crippen molar-refractivity contribution in [3.63, 3.8) is 0 Å². The summed E-state index contributed by atoms with van der Waals surface area (Å²) in [5.41, 5.74) is 6.79. The summed E-state index contributed by atoms with van der Waals surface area (Å²) in [6.45, 7) is 4.39. The van der Waals surface area contributed by atoms with Gasteiger partial charge in [-0.25, -0.2) is 0 Å². The summed E-state index contributed by atoms with van der Waals surface area (Å²) in [6, 6.07) is 14.0. The lowest BCUT2D eigenvalue weighted by molar-refractivity contribution is 0.306. The van der Waals surface area contributed by atoms with E-state index in [0.29, 0.717) is 5.71 Å². The molecule has 0 saturated heterocycles. The van der Waals surface area contributed by atoms with Crippen LogP contribution in [-0.4, -0.2) is 20.9 Å². The number of benzene rings is 1. The number of oxime groups is 1. The quantitative estimate of drug-likeness (QED) is 0.463. The number of pyridine rings is 1. The van der Waals surface area contributed by atoms with Gasteiger partial charge in [0.1, 0.15) is 0 Å². The Morgan fingerprint density at radius 1 is 1.08 bits per heavy atom. The molecule has 0 unspecified atom stereocenters. The Hall–Kier alpha value is -3.08. The van der Waals surface area contributed by atoms with Crippen LogP contribution in [0.15, 0.2) is 60.0 Å². The lowest BCUT2D eigenvalue weighted by Gasteiger charge is -2.30. The van der Waals surface area contributed by atoms with Crippen LogP contribution >= 0.6 is 0 Å². The van der Waals surface area contributed by atoms with E-state index in [4.69, 9.17) is 0 Å². The molecule has 0 amide bonds. The number of hydrogen-bond acceptors (Lipinski definition) is 4. The van der Waals surface area contributed by atoms with Gasteiger partial charge in [0, 0.05) is 34.9 Å². The van der Waals surface area contributed by atoms with Gasteiger partial charge in [-0.3, -0.25) is 4.98 Å². The molecule has 0 fully saturated rings. The fraction of sp³-hybridized carbons (Fsp3) is 0.238. The Bertz CT molecular complexity index is 943. The van der Waals surface area contributed by atoms with Crippen LogP contribution in [0.4, 0.5) is 11.4 Å². The van der Waals surface area contributed by atoms with Crippen molar-refractivity contribution in [2.45, 2.75) is 26.7 Å². The van der Waals surface area contributed by atoms with Crippen molar-refractivity contribution in [3.8, 4) is 11.3 Å². The van der Waals surface area contributed by atoms with Crippen LogP contribution in [0.3, 0.4) is 0 Å². The molecule has 0 spiro atoms. The number of aromatic amines is 1. The number of nitrogens with zero attached hydrogens (tertiary/aromatic N) is 2. The minimum absolute atomic E-state index is 0.0406. The number of rotatable bonds is 3. The van der Waals surface area contributed by atoms with E-state index in [-0.39, 0.29) is 5.41 Å². The second-order valence-corrected chi connectivity index (χ2v) is 7.52. The van der Waals surface area contributed by atoms with Crippen molar-refractivity contribution in [2.75, 3.05) is 5.32 Å². The smallest absolute Gasteiger partial charge is 0.0912 e. The molecule has 4 rings (SSSR count). The molecule has 0 radical (unpaired) electrons. The second-order valence-electron chi connectivity index (χ2n) is 7.52. The minimum atomic E-state index is 0.0406. The maximum atomic E-state index is 9.68. The van der Waals surface area contributed by atoms with Gasteiger partial charge in [-0.05, 0) is 42.5 Å². The monoisotopic (exact) mass is 346 g/mol. The Labute approximate surface area is 152 Å². The molecule has 1 aromatic carbocycles. The first-order chi connectivity index (χ1) is 12.6. The van der Waals surface area contributed by atoms with Gasteiger partial charge in [0.25, 0.3) is 0 Å². The Kier molecular flexibility index (Phi) is 3.99. The molecule has 0 atom stereocenters. The van der Waals surface area contributed by atoms with E-state index in [1.165, 1.54) is 0 Å². The van der Waals surface area contributed by atoms with Crippen molar-refractivity contribution >= 4 is 17.1 Å². The molecule has 3 aromatic rings. The molecule has 1 aliphatic carbocycles. The van der Waals surface area contributed by atoms with E-state index in [1.807, 2.05) is 42.5 Å². The molecule has 2 aromatic heterocycles. The highest BCUT2D eigenvalue weighted by atomic mass is 16.4. The van der Waals surface area contributed by atoms with Crippen LogP contribution in [0.2, 0.25) is 0 Å². The van der Waals surface area contributed by atoms with Crippen LogP contribution in [0.1, 0.15) is 31.5 Å². The van der Waals surface area contributed by atoms with E-state index < -0.39 is 0 Å². The first kappa shape index (κ1) is 16.4. The topological polar surface area (TPSA) is 73.3 Å². The van der Waals surface area contributed by atoms with Gasteiger partial charge in [0.15, 0.2) is 0 Å². The lowest BCUT2D eigenvalue weighted by atomic mass is 9.75. The minimum Gasteiger partial charge on any atom is -0.411 e. The molecule has 0 saturated carbocycles. The first-order valence-corrected chi connectivity index (χ1v) is 8.76. The summed E-state index contributed by atoms with van der Waals surface area (Å²) in [4.78, 5) is 7.70. The van der Waals surface area contributed by atoms with Crippen LogP contribution in [0.5, 0.6) is 0 Å². The number of para-hydroxylation sites is 1. The largest absolute Gasteiger partial charge is 0.411 e. The second kappa shape index (κ2) is 6.33. The van der Waals surface area contributed by atoms with Crippen molar-refractivity contribution in [3.05, 3.63) is 66.1 Å². The zero-order chi connectivity index (χ0) is 18.1. The lowest BCUT2D eigenvalue weighted by Crippen LogP contribution is -2.27. The molecule has 132 valence electrons. The van der Waals surface area contributed by atoms with E-state index in [2.05, 4.69) is 34.3 Å². The summed E-state index contributed by atoms with van der Waals surface area (Å²) >= 11 is 0. The third-order valence-electron chi connectivity index (χ3n) is 4.80. The molecular weight excluding hydrogens is 324 g/mol. The van der Waals surface area contributed by atoms with Gasteiger partial charge < -0.3 is 15.5 Å². The Balaban J connectivity index is 1.91. The fourth-order valence-corrected chi connectivity index (χ4v) is 3.70. The maximum absolute atomic E-state index is 9.68. The summed E-state index contributed by atoms with van der Waals surface area (Å²) in [6.07, 6.45) is 5.20. The van der Waals surface area contributed by atoms with Gasteiger partial charge >= 0.3 is 0 Å². The maximum Gasteiger partial charge on any atom is 0.0912 e. The molecule has 0 aliphatic heterocycles. The average Bonchev–Trinajstić information content (AvgIpc) is 2.99. The van der Waals surface area contributed by atoms with E-state index in [9.17, 15) is 5.21 Å². The van der Waals surface area contributed by atoms with Gasteiger partial charge in [0.05, 0.1) is 17.1 Å². The number of hydrogen-bond donors (Lipinski definition) is 3.